The first-order valence-electron chi connectivity index (χ1n) is 8.50. The number of nitrogens with zero attached hydrogens (tertiary/aromatic N) is 1. The van der Waals surface area contributed by atoms with Gasteiger partial charge in [0.1, 0.15) is 0 Å². The van der Waals surface area contributed by atoms with Gasteiger partial charge in [0.15, 0.2) is 0 Å². The quantitative estimate of drug-likeness (QED) is 0.922. The molecule has 1 aromatic rings. The number of nitrogens with one attached hydrogen (secondary N) is 1. The van der Waals surface area contributed by atoms with Crippen LogP contribution in [-0.4, -0.2) is 35.1 Å². The van der Waals surface area contributed by atoms with Crippen molar-refractivity contribution in [3.05, 3.63) is 29.8 Å². The summed E-state index contributed by atoms with van der Waals surface area (Å²) in [6.07, 6.45) is 5.19. The van der Waals surface area contributed by atoms with Crippen LogP contribution >= 0.6 is 11.8 Å². The Hall–Kier alpha value is -1.49. The molecule has 0 atom stereocenters. The van der Waals surface area contributed by atoms with Crippen LogP contribution in [0.1, 0.15) is 44.1 Å². The first kappa shape index (κ1) is 16.4. The standard InChI is InChI=1S/C18H24N2O2S/c21-17(19-15-6-2-3-7-15)9-10-18(22)20-11-12-23-16-8-4-1-5-14(16)13-20/h1,4-5,8,15H,2-3,6-7,9-13H2,(H,19,21). The molecule has 1 aliphatic heterocycles. The first-order valence-corrected chi connectivity index (χ1v) is 9.49. The third-order valence-corrected chi connectivity index (χ3v) is 5.69. The van der Waals surface area contributed by atoms with Crippen LogP contribution in [-0.2, 0) is 16.1 Å². The van der Waals surface area contributed by atoms with Gasteiger partial charge >= 0.3 is 0 Å². The van der Waals surface area contributed by atoms with Gasteiger partial charge in [0.2, 0.25) is 11.8 Å². The summed E-state index contributed by atoms with van der Waals surface area (Å²) in [5.41, 5.74) is 1.21. The van der Waals surface area contributed by atoms with Gasteiger partial charge in [-0.15, -0.1) is 11.8 Å². The minimum atomic E-state index is 0.0230. The van der Waals surface area contributed by atoms with E-state index in [1.165, 1.54) is 23.3 Å². The Bertz CT molecular complexity index is 570. The molecule has 1 saturated carbocycles. The zero-order valence-electron chi connectivity index (χ0n) is 13.4. The van der Waals surface area contributed by atoms with Crippen molar-refractivity contribution in [3.8, 4) is 0 Å². The van der Waals surface area contributed by atoms with Crippen LogP contribution in [0.2, 0.25) is 0 Å². The van der Waals surface area contributed by atoms with Crippen molar-refractivity contribution in [2.45, 2.75) is 56.0 Å². The summed E-state index contributed by atoms with van der Waals surface area (Å²) < 4.78 is 0. The third-order valence-electron chi connectivity index (χ3n) is 4.59. The second kappa shape index (κ2) is 7.86. The Morgan fingerprint density at radius 2 is 1.96 bits per heavy atom. The minimum Gasteiger partial charge on any atom is -0.353 e. The van der Waals surface area contributed by atoms with E-state index in [1.54, 1.807) is 11.8 Å². The molecule has 3 rings (SSSR count). The van der Waals surface area contributed by atoms with Gasteiger partial charge in [-0.1, -0.05) is 31.0 Å². The van der Waals surface area contributed by atoms with Crippen molar-refractivity contribution in [2.75, 3.05) is 12.3 Å². The Morgan fingerprint density at radius 3 is 2.78 bits per heavy atom. The third kappa shape index (κ3) is 4.50. The van der Waals surface area contributed by atoms with Crippen LogP contribution in [0.4, 0.5) is 0 Å². The van der Waals surface area contributed by atoms with Crippen LogP contribution in [0.3, 0.4) is 0 Å². The van der Waals surface area contributed by atoms with E-state index in [-0.39, 0.29) is 11.8 Å². The topological polar surface area (TPSA) is 49.4 Å². The highest BCUT2D eigenvalue weighted by atomic mass is 32.2. The molecular formula is C18H24N2O2S. The molecule has 4 nitrogen and oxygen atoms in total. The Labute approximate surface area is 142 Å². The number of carbonyl (C=O) groups excluding carboxylic acids is 2. The fourth-order valence-electron chi connectivity index (χ4n) is 3.29. The molecule has 0 saturated heterocycles. The molecule has 0 unspecified atom stereocenters. The van der Waals surface area contributed by atoms with Crippen LogP contribution in [0.25, 0.3) is 0 Å². The number of thioether (sulfide) groups is 1. The molecule has 0 spiro atoms. The first-order chi connectivity index (χ1) is 11.2. The van der Waals surface area contributed by atoms with E-state index >= 15 is 0 Å². The summed E-state index contributed by atoms with van der Waals surface area (Å²) in [6.45, 7) is 1.41. The Morgan fingerprint density at radius 1 is 1.17 bits per heavy atom. The molecule has 23 heavy (non-hydrogen) atoms. The smallest absolute Gasteiger partial charge is 0.223 e. The summed E-state index contributed by atoms with van der Waals surface area (Å²) >= 11 is 1.80. The summed E-state index contributed by atoms with van der Waals surface area (Å²) in [5.74, 6) is 1.02. The van der Waals surface area contributed by atoms with Crippen molar-refractivity contribution in [3.63, 3.8) is 0 Å². The number of carbonyl (C=O) groups is 2. The highest BCUT2D eigenvalue weighted by Crippen LogP contribution is 2.27. The summed E-state index contributed by atoms with van der Waals surface area (Å²) in [7, 11) is 0. The van der Waals surface area contributed by atoms with E-state index < -0.39 is 0 Å². The van der Waals surface area contributed by atoms with Gasteiger partial charge in [-0.2, -0.15) is 0 Å². The lowest BCUT2D eigenvalue weighted by Crippen LogP contribution is -2.35. The highest BCUT2D eigenvalue weighted by molar-refractivity contribution is 7.99. The molecule has 1 aliphatic carbocycles. The molecule has 0 radical (unpaired) electrons. The maximum Gasteiger partial charge on any atom is 0.223 e. The van der Waals surface area contributed by atoms with Crippen LogP contribution in [0.5, 0.6) is 0 Å². The number of hydrogen-bond donors (Lipinski definition) is 1. The lowest BCUT2D eigenvalue weighted by Gasteiger charge is -2.20. The van der Waals surface area contributed by atoms with Crippen molar-refractivity contribution >= 4 is 23.6 Å². The molecule has 0 aromatic heterocycles. The minimum absolute atomic E-state index is 0.0230. The molecule has 2 aliphatic rings. The van der Waals surface area contributed by atoms with Crippen molar-refractivity contribution in [1.29, 1.82) is 0 Å². The second-order valence-electron chi connectivity index (χ2n) is 6.32. The molecule has 124 valence electrons. The molecular weight excluding hydrogens is 308 g/mol. The van der Waals surface area contributed by atoms with E-state index in [0.717, 1.165) is 25.1 Å². The predicted octanol–water partition coefficient (Wildman–Crippen LogP) is 2.96. The lowest BCUT2D eigenvalue weighted by molar-refractivity contribution is -0.134. The van der Waals surface area contributed by atoms with Crippen LogP contribution < -0.4 is 5.32 Å². The molecule has 2 amide bonds. The summed E-state index contributed by atoms with van der Waals surface area (Å²) in [6, 6.07) is 8.59. The largest absolute Gasteiger partial charge is 0.353 e. The number of hydrogen-bond acceptors (Lipinski definition) is 3. The van der Waals surface area contributed by atoms with Crippen molar-refractivity contribution in [2.24, 2.45) is 0 Å². The van der Waals surface area contributed by atoms with E-state index in [2.05, 4.69) is 17.4 Å². The Balaban J connectivity index is 1.49. The maximum atomic E-state index is 12.4. The van der Waals surface area contributed by atoms with Crippen LogP contribution in [0.15, 0.2) is 29.2 Å². The maximum absolute atomic E-state index is 12.4. The van der Waals surface area contributed by atoms with E-state index in [9.17, 15) is 9.59 Å². The summed E-state index contributed by atoms with van der Waals surface area (Å²) in [5, 5.41) is 3.05. The van der Waals surface area contributed by atoms with Crippen molar-refractivity contribution in [1.82, 2.24) is 10.2 Å². The molecule has 1 fully saturated rings. The molecule has 1 N–H and O–H groups in total. The molecule has 1 aromatic carbocycles. The zero-order valence-corrected chi connectivity index (χ0v) is 14.2. The van der Waals surface area contributed by atoms with Gasteiger partial charge in [0, 0.05) is 42.6 Å². The SMILES string of the molecule is O=C(CCC(=O)N1CCSc2ccccc2C1)NC1CCCC1. The lowest BCUT2D eigenvalue weighted by atomic mass is 10.2. The zero-order chi connectivity index (χ0) is 16.1. The van der Waals surface area contributed by atoms with Crippen LogP contribution in [0, 0.1) is 0 Å². The normalized spacial score (nSPS) is 18.3. The van der Waals surface area contributed by atoms with Gasteiger partial charge in [-0.3, -0.25) is 9.59 Å². The predicted molar refractivity (Wildman–Crippen MR) is 92.2 cm³/mol. The second-order valence-corrected chi connectivity index (χ2v) is 7.46. The molecule has 1 heterocycles. The number of rotatable bonds is 4. The van der Waals surface area contributed by atoms with Gasteiger partial charge in [0.25, 0.3) is 0 Å². The van der Waals surface area contributed by atoms with Gasteiger partial charge in [-0.05, 0) is 24.5 Å². The van der Waals surface area contributed by atoms with E-state index in [0.29, 0.717) is 25.4 Å². The molecule has 5 heteroatoms. The van der Waals surface area contributed by atoms with E-state index in [4.69, 9.17) is 0 Å². The van der Waals surface area contributed by atoms with Crippen molar-refractivity contribution < 1.29 is 9.59 Å². The highest BCUT2D eigenvalue weighted by Gasteiger charge is 2.21. The Kier molecular flexibility index (Phi) is 5.60. The summed E-state index contributed by atoms with van der Waals surface area (Å²) in [4.78, 5) is 27.6. The fraction of sp³-hybridized carbons (Fsp3) is 0.556. The number of fused-ring (bicyclic) bond motifs is 1. The fourth-order valence-corrected chi connectivity index (χ4v) is 4.31. The van der Waals surface area contributed by atoms with Gasteiger partial charge < -0.3 is 10.2 Å². The average Bonchev–Trinajstić information content (AvgIpc) is 2.96. The monoisotopic (exact) mass is 332 g/mol. The van der Waals surface area contributed by atoms with Gasteiger partial charge in [0.05, 0.1) is 0 Å². The molecule has 0 bridgehead atoms. The van der Waals surface area contributed by atoms with Gasteiger partial charge in [-0.25, -0.2) is 0 Å². The number of benzene rings is 1. The van der Waals surface area contributed by atoms with E-state index in [1.807, 2.05) is 17.0 Å². The average molecular weight is 332 g/mol. The number of amides is 2.